The second-order valence-corrected chi connectivity index (χ2v) is 4.55. The molecule has 19 heavy (non-hydrogen) atoms. The molecule has 0 aliphatic rings. The van der Waals surface area contributed by atoms with Crippen molar-refractivity contribution in [3.05, 3.63) is 17.5 Å². The summed E-state index contributed by atoms with van der Waals surface area (Å²) < 4.78 is 4.98. The van der Waals surface area contributed by atoms with E-state index in [-0.39, 0.29) is 24.2 Å². The maximum Gasteiger partial charge on any atom is 0.287 e. The molecule has 0 aliphatic carbocycles. The summed E-state index contributed by atoms with van der Waals surface area (Å²) in [6.07, 6.45) is 0. The number of aromatic nitrogens is 1. The van der Waals surface area contributed by atoms with Gasteiger partial charge in [0, 0.05) is 12.1 Å². The number of nitrogens with two attached hydrogens (primary N) is 1. The topological polar surface area (TPSA) is 113 Å². The molecule has 0 saturated carbocycles. The summed E-state index contributed by atoms with van der Waals surface area (Å²) in [5, 5.41) is 6.36. The van der Waals surface area contributed by atoms with Crippen LogP contribution in [0.5, 0.6) is 0 Å². The van der Waals surface area contributed by atoms with Crippen molar-refractivity contribution in [1.82, 2.24) is 20.8 Å². The molecule has 0 aromatic carbocycles. The highest BCUT2D eigenvalue weighted by molar-refractivity contribution is 5.91. The number of hydrazine groups is 1. The second kappa shape index (κ2) is 6.86. The lowest BCUT2D eigenvalue weighted by molar-refractivity contribution is -0.122. The summed E-state index contributed by atoms with van der Waals surface area (Å²) in [7, 11) is 1.77. The fraction of sp³-hybridized carbons (Fsp3) is 0.545. The lowest BCUT2D eigenvalue weighted by Gasteiger charge is -2.15. The minimum absolute atomic E-state index is 0.0723. The molecular weight excluding hydrogens is 250 g/mol. The van der Waals surface area contributed by atoms with Crippen molar-refractivity contribution in [3.63, 3.8) is 0 Å². The number of hydrogen-bond donors (Lipinski definition) is 3. The van der Waals surface area contributed by atoms with E-state index in [0.29, 0.717) is 12.3 Å². The number of carbonyl (C=O) groups is 2. The van der Waals surface area contributed by atoms with Crippen LogP contribution in [0, 0.1) is 0 Å². The third kappa shape index (κ3) is 5.06. The third-order valence-corrected chi connectivity index (χ3v) is 2.21. The van der Waals surface area contributed by atoms with Crippen LogP contribution in [0.2, 0.25) is 0 Å². The molecule has 0 bridgehead atoms. The van der Waals surface area contributed by atoms with Gasteiger partial charge < -0.3 is 9.84 Å². The zero-order valence-electron chi connectivity index (χ0n) is 11.3. The molecule has 8 heteroatoms. The van der Waals surface area contributed by atoms with Gasteiger partial charge in [0.25, 0.3) is 5.91 Å². The van der Waals surface area contributed by atoms with E-state index >= 15 is 0 Å². The van der Waals surface area contributed by atoms with E-state index in [0.717, 1.165) is 0 Å². The molecule has 0 fully saturated rings. The highest BCUT2D eigenvalue weighted by Crippen LogP contribution is 2.06. The maximum atomic E-state index is 11.5. The van der Waals surface area contributed by atoms with Gasteiger partial charge in [0.05, 0.1) is 13.1 Å². The van der Waals surface area contributed by atoms with Crippen molar-refractivity contribution in [2.45, 2.75) is 26.4 Å². The molecule has 0 atom stereocenters. The van der Waals surface area contributed by atoms with Crippen molar-refractivity contribution in [2.75, 3.05) is 13.6 Å². The molecule has 1 aromatic rings. The number of hydrogen-bond acceptors (Lipinski definition) is 6. The van der Waals surface area contributed by atoms with Crippen molar-refractivity contribution < 1.29 is 14.1 Å². The van der Waals surface area contributed by atoms with Crippen LogP contribution in [0.3, 0.4) is 0 Å². The molecular formula is C11H19N5O3. The Morgan fingerprint density at radius 1 is 1.53 bits per heavy atom. The second-order valence-electron chi connectivity index (χ2n) is 4.55. The van der Waals surface area contributed by atoms with Crippen LogP contribution < -0.4 is 16.6 Å². The Labute approximate surface area is 111 Å². The Bertz CT molecular complexity index is 443. The molecule has 1 aromatic heterocycles. The average Bonchev–Trinajstić information content (AvgIpc) is 2.74. The lowest BCUT2D eigenvalue weighted by atomic mass is 10.3. The van der Waals surface area contributed by atoms with Gasteiger partial charge in [-0.15, -0.1) is 0 Å². The van der Waals surface area contributed by atoms with Crippen molar-refractivity contribution in [3.8, 4) is 0 Å². The van der Waals surface area contributed by atoms with Gasteiger partial charge in [0.1, 0.15) is 0 Å². The normalized spacial score (nSPS) is 10.8. The van der Waals surface area contributed by atoms with E-state index in [1.807, 2.05) is 19.3 Å². The molecule has 0 unspecified atom stereocenters. The van der Waals surface area contributed by atoms with Gasteiger partial charge in [-0.3, -0.25) is 19.9 Å². The van der Waals surface area contributed by atoms with E-state index < -0.39 is 5.91 Å². The van der Waals surface area contributed by atoms with Crippen LogP contribution in [0.25, 0.3) is 0 Å². The van der Waals surface area contributed by atoms with Crippen LogP contribution in [-0.2, 0) is 11.3 Å². The van der Waals surface area contributed by atoms with E-state index in [4.69, 9.17) is 10.4 Å². The molecule has 1 rings (SSSR count). The zero-order valence-corrected chi connectivity index (χ0v) is 11.3. The molecule has 1 heterocycles. The largest absolute Gasteiger partial charge is 0.359 e. The van der Waals surface area contributed by atoms with E-state index in [1.165, 1.54) is 6.07 Å². The van der Waals surface area contributed by atoms with Crippen LogP contribution in [0.15, 0.2) is 10.6 Å². The third-order valence-electron chi connectivity index (χ3n) is 2.21. The first-order valence-electron chi connectivity index (χ1n) is 5.86. The highest BCUT2D eigenvalue weighted by atomic mass is 16.5. The molecule has 8 nitrogen and oxygen atoms in total. The number of amides is 2. The zero-order chi connectivity index (χ0) is 14.4. The van der Waals surface area contributed by atoms with E-state index in [9.17, 15) is 9.59 Å². The Hall–Kier alpha value is -1.93. The first kappa shape index (κ1) is 15.1. The van der Waals surface area contributed by atoms with Gasteiger partial charge in [-0.2, -0.15) is 0 Å². The first-order valence-corrected chi connectivity index (χ1v) is 5.86. The summed E-state index contributed by atoms with van der Waals surface area (Å²) in [4.78, 5) is 24.5. The minimum atomic E-state index is -0.518. The number of likely N-dealkylation sites (N-methyl/N-ethyl adjacent to an activating group) is 1. The molecule has 0 aliphatic heterocycles. The Balaban J connectivity index is 2.48. The molecule has 4 N–H and O–H groups in total. The number of carbonyl (C=O) groups excluding carboxylic acids is 2. The Morgan fingerprint density at radius 3 is 2.79 bits per heavy atom. The van der Waals surface area contributed by atoms with Crippen LogP contribution >= 0.6 is 0 Å². The first-order chi connectivity index (χ1) is 8.92. The predicted molar refractivity (Wildman–Crippen MR) is 67.8 cm³/mol. The minimum Gasteiger partial charge on any atom is -0.359 e. The lowest BCUT2D eigenvalue weighted by Crippen LogP contribution is -2.38. The molecule has 2 amide bonds. The smallest absolute Gasteiger partial charge is 0.287 e. The molecule has 0 spiro atoms. The summed E-state index contributed by atoms with van der Waals surface area (Å²) in [5.41, 5.74) is 2.07. The Morgan fingerprint density at radius 2 is 2.21 bits per heavy atom. The van der Waals surface area contributed by atoms with E-state index in [1.54, 1.807) is 11.9 Å². The van der Waals surface area contributed by atoms with Crippen molar-refractivity contribution in [2.24, 2.45) is 5.84 Å². The summed E-state index contributed by atoms with van der Waals surface area (Å²) in [6.45, 7) is 4.39. The van der Waals surface area contributed by atoms with Gasteiger partial charge in [-0.05, 0) is 20.9 Å². The number of nitrogens with zero attached hydrogens (tertiary/aromatic N) is 2. The standard InChI is InChI=1S/C11H19N5O3/c1-7(2)13-10(17)6-16(3)5-8-4-9(15-19-8)11(18)14-12/h4,7H,5-6,12H2,1-3H3,(H,13,17)(H,14,18). The summed E-state index contributed by atoms with van der Waals surface area (Å²) >= 11 is 0. The van der Waals surface area contributed by atoms with Crippen LogP contribution in [0.4, 0.5) is 0 Å². The van der Waals surface area contributed by atoms with Crippen LogP contribution in [-0.4, -0.2) is 41.5 Å². The number of nitrogen functional groups attached to an aromatic ring is 1. The Kier molecular flexibility index (Phi) is 5.46. The quantitative estimate of drug-likeness (QED) is 0.355. The summed E-state index contributed by atoms with van der Waals surface area (Å²) in [5.74, 6) is 4.88. The van der Waals surface area contributed by atoms with Gasteiger partial charge >= 0.3 is 0 Å². The SMILES string of the molecule is CC(C)NC(=O)CN(C)Cc1cc(C(=O)NN)no1. The molecule has 0 saturated heterocycles. The van der Waals surface area contributed by atoms with Gasteiger partial charge in [0.2, 0.25) is 5.91 Å². The van der Waals surface area contributed by atoms with Gasteiger partial charge in [-0.1, -0.05) is 5.16 Å². The van der Waals surface area contributed by atoms with Crippen molar-refractivity contribution in [1.29, 1.82) is 0 Å². The maximum absolute atomic E-state index is 11.5. The van der Waals surface area contributed by atoms with Crippen LogP contribution in [0.1, 0.15) is 30.1 Å². The average molecular weight is 269 g/mol. The van der Waals surface area contributed by atoms with E-state index in [2.05, 4.69) is 10.5 Å². The molecule has 106 valence electrons. The highest BCUT2D eigenvalue weighted by Gasteiger charge is 2.14. The predicted octanol–water partition coefficient (Wildman–Crippen LogP) is -0.765. The van der Waals surface area contributed by atoms with Crippen molar-refractivity contribution >= 4 is 11.8 Å². The van der Waals surface area contributed by atoms with Gasteiger partial charge in [-0.25, -0.2) is 5.84 Å². The number of rotatable bonds is 6. The monoisotopic (exact) mass is 269 g/mol. The van der Waals surface area contributed by atoms with Gasteiger partial charge in [0.15, 0.2) is 11.5 Å². The summed E-state index contributed by atoms with van der Waals surface area (Å²) in [6, 6.07) is 1.59. The molecule has 0 radical (unpaired) electrons. The fourth-order valence-electron chi connectivity index (χ4n) is 1.50. The number of nitrogens with one attached hydrogen (secondary N) is 2. The fourth-order valence-corrected chi connectivity index (χ4v) is 1.50.